The third kappa shape index (κ3) is 4.61. The highest BCUT2D eigenvalue weighted by molar-refractivity contribution is 7.99. The summed E-state index contributed by atoms with van der Waals surface area (Å²) in [5.74, 6) is 0.402. The number of rotatable bonds is 5. The lowest BCUT2D eigenvalue weighted by atomic mass is 10.1. The molecule has 128 valence electrons. The van der Waals surface area contributed by atoms with E-state index in [0.717, 1.165) is 16.7 Å². The second-order valence-electron chi connectivity index (χ2n) is 5.56. The zero-order valence-electron chi connectivity index (χ0n) is 13.7. The Morgan fingerprint density at radius 3 is 2.72 bits per heavy atom. The van der Waals surface area contributed by atoms with Gasteiger partial charge in [-0.2, -0.15) is 0 Å². The molecular weight excluding hydrogens is 358 g/mol. The number of carbonyl (C=O) groups is 1. The van der Waals surface area contributed by atoms with E-state index >= 15 is 0 Å². The van der Waals surface area contributed by atoms with Crippen LogP contribution >= 0.6 is 23.4 Å². The number of thioether (sulfide) groups is 1. The van der Waals surface area contributed by atoms with Crippen LogP contribution < -0.4 is 5.32 Å². The molecule has 3 aromatic rings. The van der Waals surface area contributed by atoms with Gasteiger partial charge in [-0.25, -0.2) is 0 Å². The third-order valence-corrected chi connectivity index (χ3v) is 4.53. The molecule has 1 aromatic heterocycles. The smallest absolute Gasteiger partial charge is 0.277 e. The number of hydrogen-bond donors (Lipinski definition) is 1. The topological polar surface area (TPSA) is 68.0 Å². The number of carbonyl (C=O) groups excluding carboxylic acids is 1. The van der Waals surface area contributed by atoms with Gasteiger partial charge in [-0.15, -0.1) is 10.2 Å². The SMILES string of the molecule is Cc1cccc(-c2nnc(SCC(=O)Nc3ccc(C)cc3Cl)o2)c1. The van der Waals surface area contributed by atoms with Crippen molar-refractivity contribution in [2.45, 2.75) is 19.1 Å². The Morgan fingerprint density at radius 2 is 1.96 bits per heavy atom. The van der Waals surface area contributed by atoms with Crippen LogP contribution in [0.1, 0.15) is 11.1 Å². The van der Waals surface area contributed by atoms with E-state index in [1.165, 1.54) is 11.8 Å². The summed E-state index contributed by atoms with van der Waals surface area (Å²) in [5.41, 5.74) is 3.59. The predicted molar refractivity (Wildman–Crippen MR) is 100 cm³/mol. The quantitative estimate of drug-likeness (QED) is 0.654. The van der Waals surface area contributed by atoms with E-state index in [9.17, 15) is 4.79 Å². The van der Waals surface area contributed by atoms with Gasteiger partial charge < -0.3 is 9.73 Å². The summed E-state index contributed by atoms with van der Waals surface area (Å²) >= 11 is 7.29. The minimum atomic E-state index is -0.189. The molecule has 0 atom stereocenters. The number of nitrogens with one attached hydrogen (secondary N) is 1. The van der Waals surface area contributed by atoms with Crippen LogP contribution in [0.2, 0.25) is 5.02 Å². The number of nitrogens with zero attached hydrogens (tertiary/aromatic N) is 2. The maximum atomic E-state index is 12.1. The molecule has 0 aliphatic rings. The fourth-order valence-corrected chi connectivity index (χ4v) is 3.04. The Labute approximate surface area is 154 Å². The summed E-state index contributed by atoms with van der Waals surface area (Å²) in [6.07, 6.45) is 0. The van der Waals surface area contributed by atoms with Crippen LogP contribution in [0.25, 0.3) is 11.5 Å². The number of aromatic nitrogens is 2. The monoisotopic (exact) mass is 373 g/mol. The van der Waals surface area contributed by atoms with Gasteiger partial charge in [0.1, 0.15) is 0 Å². The van der Waals surface area contributed by atoms with E-state index in [2.05, 4.69) is 15.5 Å². The van der Waals surface area contributed by atoms with E-state index in [-0.39, 0.29) is 11.7 Å². The molecule has 0 saturated carbocycles. The normalized spacial score (nSPS) is 10.7. The van der Waals surface area contributed by atoms with Gasteiger partial charge in [0.2, 0.25) is 11.8 Å². The summed E-state index contributed by atoms with van der Waals surface area (Å²) < 4.78 is 5.60. The number of amides is 1. The molecule has 0 spiro atoms. The summed E-state index contributed by atoms with van der Waals surface area (Å²) in [4.78, 5) is 12.1. The number of aryl methyl sites for hydroxylation is 2. The summed E-state index contributed by atoms with van der Waals surface area (Å²) in [6, 6.07) is 13.3. The van der Waals surface area contributed by atoms with Gasteiger partial charge in [-0.05, 0) is 43.7 Å². The second kappa shape index (κ2) is 7.72. The van der Waals surface area contributed by atoms with Gasteiger partial charge in [-0.3, -0.25) is 4.79 Å². The van der Waals surface area contributed by atoms with E-state index in [4.69, 9.17) is 16.0 Å². The predicted octanol–water partition coefficient (Wildman–Crippen LogP) is 4.74. The molecule has 0 saturated heterocycles. The molecule has 0 bridgehead atoms. The molecule has 3 rings (SSSR count). The Morgan fingerprint density at radius 1 is 1.16 bits per heavy atom. The first-order valence-electron chi connectivity index (χ1n) is 7.60. The molecule has 1 amide bonds. The lowest BCUT2D eigenvalue weighted by Gasteiger charge is -2.06. The molecule has 0 radical (unpaired) electrons. The van der Waals surface area contributed by atoms with Gasteiger partial charge in [-0.1, -0.05) is 47.1 Å². The molecular formula is C18H16ClN3O2S. The van der Waals surface area contributed by atoms with E-state index < -0.39 is 0 Å². The van der Waals surface area contributed by atoms with Crippen molar-refractivity contribution in [2.24, 2.45) is 0 Å². The fourth-order valence-electron chi connectivity index (χ4n) is 2.20. The van der Waals surface area contributed by atoms with Gasteiger partial charge >= 0.3 is 0 Å². The lowest BCUT2D eigenvalue weighted by molar-refractivity contribution is -0.113. The average molecular weight is 374 g/mol. The van der Waals surface area contributed by atoms with Crippen LogP contribution in [0.4, 0.5) is 5.69 Å². The standard InChI is InChI=1S/C18H16ClN3O2S/c1-11-4-3-5-13(8-11)17-21-22-18(24-17)25-10-16(23)20-15-7-6-12(2)9-14(15)19/h3-9H,10H2,1-2H3,(H,20,23). The van der Waals surface area contributed by atoms with Crippen LogP contribution in [0.3, 0.4) is 0 Å². The highest BCUT2D eigenvalue weighted by Gasteiger charge is 2.12. The highest BCUT2D eigenvalue weighted by atomic mass is 35.5. The second-order valence-corrected chi connectivity index (χ2v) is 6.90. The highest BCUT2D eigenvalue weighted by Crippen LogP contribution is 2.25. The largest absolute Gasteiger partial charge is 0.411 e. The van der Waals surface area contributed by atoms with Crippen molar-refractivity contribution in [3.8, 4) is 11.5 Å². The Hall–Kier alpha value is -2.31. The van der Waals surface area contributed by atoms with Crippen molar-refractivity contribution in [1.29, 1.82) is 0 Å². The zero-order chi connectivity index (χ0) is 17.8. The van der Waals surface area contributed by atoms with Gasteiger partial charge in [0.15, 0.2) is 0 Å². The molecule has 1 heterocycles. The van der Waals surface area contributed by atoms with Crippen molar-refractivity contribution >= 4 is 35.0 Å². The van der Waals surface area contributed by atoms with Crippen molar-refractivity contribution in [1.82, 2.24) is 10.2 Å². The molecule has 25 heavy (non-hydrogen) atoms. The van der Waals surface area contributed by atoms with Crippen LogP contribution in [0.15, 0.2) is 52.1 Å². The lowest BCUT2D eigenvalue weighted by Crippen LogP contribution is -2.14. The Kier molecular flexibility index (Phi) is 5.40. The molecule has 2 aromatic carbocycles. The zero-order valence-corrected chi connectivity index (χ0v) is 15.3. The molecule has 7 heteroatoms. The number of anilines is 1. The van der Waals surface area contributed by atoms with Gasteiger partial charge in [0.05, 0.1) is 16.5 Å². The first-order chi connectivity index (χ1) is 12.0. The van der Waals surface area contributed by atoms with E-state index in [1.54, 1.807) is 12.1 Å². The first kappa shape index (κ1) is 17.5. The first-order valence-corrected chi connectivity index (χ1v) is 8.97. The van der Waals surface area contributed by atoms with E-state index in [0.29, 0.717) is 21.8 Å². The molecule has 0 fully saturated rings. The Balaban J connectivity index is 1.59. The molecule has 1 N–H and O–H groups in total. The van der Waals surface area contributed by atoms with Crippen LogP contribution in [-0.4, -0.2) is 21.9 Å². The van der Waals surface area contributed by atoms with Crippen molar-refractivity contribution < 1.29 is 9.21 Å². The van der Waals surface area contributed by atoms with Gasteiger partial charge in [0, 0.05) is 5.56 Å². The molecule has 0 aliphatic carbocycles. The number of halogens is 1. The van der Waals surface area contributed by atoms with E-state index in [1.807, 2.05) is 44.2 Å². The van der Waals surface area contributed by atoms with Crippen molar-refractivity contribution in [2.75, 3.05) is 11.1 Å². The summed E-state index contributed by atoms with van der Waals surface area (Å²) in [7, 11) is 0. The minimum absolute atomic E-state index is 0.152. The van der Waals surface area contributed by atoms with Crippen LogP contribution in [0.5, 0.6) is 0 Å². The molecule has 0 aliphatic heterocycles. The fraction of sp³-hybridized carbons (Fsp3) is 0.167. The Bertz CT molecular complexity index is 911. The third-order valence-electron chi connectivity index (χ3n) is 3.40. The molecule has 5 nitrogen and oxygen atoms in total. The number of benzene rings is 2. The average Bonchev–Trinajstić information content (AvgIpc) is 3.05. The maximum absolute atomic E-state index is 12.1. The minimum Gasteiger partial charge on any atom is -0.411 e. The van der Waals surface area contributed by atoms with Gasteiger partial charge in [0.25, 0.3) is 5.22 Å². The van der Waals surface area contributed by atoms with Crippen LogP contribution in [-0.2, 0) is 4.79 Å². The van der Waals surface area contributed by atoms with Crippen molar-refractivity contribution in [3.05, 3.63) is 58.6 Å². The van der Waals surface area contributed by atoms with Crippen molar-refractivity contribution in [3.63, 3.8) is 0 Å². The number of hydrogen-bond acceptors (Lipinski definition) is 5. The summed E-state index contributed by atoms with van der Waals surface area (Å²) in [6.45, 7) is 3.94. The molecule has 0 unspecified atom stereocenters. The summed E-state index contributed by atoms with van der Waals surface area (Å²) in [5, 5.41) is 11.6. The maximum Gasteiger partial charge on any atom is 0.277 e. The van der Waals surface area contributed by atoms with Crippen LogP contribution in [0, 0.1) is 13.8 Å².